The van der Waals surface area contributed by atoms with Crippen LogP contribution >= 0.6 is 0 Å². The second kappa shape index (κ2) is 6.83. The van der Waals surface area contributed by atoms with Crippen molar-refractivity contribution in [1.29, 1.82) is 0 Å². The maximum atomic E-state index is 12.5. The SMILES string of the molecule is C[C@@H](OC(=O)c1cccnc1-c1ccccn1)c1ccccc1. The smallest absolute Gasteiger partial charge is 0.341 e. The van der Waals surface area contributed by atoms with Crippen molar-refractivity contribution in [2.75, 3.05) is 0 Å². The number of rotatable bonds is 4. The van der Waals surface area contributed by atoms with Gasteiger partial charge in [0.25, 0.3) is 0 Å². The summed E-state index contributed by atoms with van der Waals surface area (Å²) in [5.41, 5.74) is 2.53. The van der Waals surface area contributed by atoms with Crippen molar-refractivity contribution in [3.63, 3.8) is 0 Å². The second-order valence-electron chi connectivity index (χ2n) is 5.07. The molecule has 0 aliphatic heterocycles. The molecule has 0 saturated heterocycles. The van der Waals surface area contributed by atoms with Crippen LogP contribution in [-0.4, -0.2) is 15.9 Å². The Balaban J connectivity index is 1.86. The van der Waals surface area contributed by atoms with E-state index in [1.165, 1.54) is 0 Å². The van der Waals surface area contributed by atoms with E-state index in [4.69, 9.17) is 4.74 Å². The van der Waals surface area contributed by atoms with E-state index in [0.717, 1.165) is 5.56 Å². The van der Waals surface area contributed by atoms with Crippen LogP contribution in [0.1, 0.15) is 28.9 Å². The van der Waals surface area contributed by atoms with Gasteiger partial charge in [-0.3, -0.25) is 9.97 Å². The number of benzene rings is 1. The van der Waals surface area contributed by atoms with Gasteiger partial charge in [-0.25, -0.2) is 4.79 Å². The van der Waals surface area contributed by atoms with Gasteiger partial charge in [-0.15, -0.1) is 0 Å². The van der Waals surface area contributed by atoms with Crippen LogP contribution in [-0.2, 0) is 4.74 Å². The first-order valence-corrected chi connectivity index (χ1v) is 7.38. The molecule has 0 N–H and O–H groups in total. The molecule has 23 heavy (non-hydrogen) atoms. The Morgan fingerprint density at radius 1 is 0.913 bits per heavy atom. The summed E-state index contributed by atoms with van der Waals surface area (Å²) in [4.78, 5) is 21.1. The molecule has 0 amide bonds. The molecule has 0 unspecified atom stereocenters. The van der Waals surface area contributed by atoms with Crippen molar-refractivity contribution >= 4 is 5.97 Å². The molecule has 0 aliphatic carbocycles. The number of aromatic nitrogens is 2. The number of hydrogen-bond acceptors (Lipinski definition) is 4. The van der Waals surface area contributed by atoms with Crippen LogP contribution in [0.4, 0.5) is 0 Å². The fourth-order valence-corrected chi connectivity index (χ4v) is 2.29. The molecule has 0 spiro atoms. The Kier molecular flexibility index (Phi) is 4.43. The van der Waals surface area contributed by atoms with Crippen molar-refractivity contribution < 1.29 is 9.53 Å². The zero-order valence-corrected chi connectivity index (χ0v) is 12.7. The minimum Gasteiger partial charge on any atom is -0.454 e. The van der Waals surface area contributed by atoms with Crippen LogP contribution in [0.25, 0.3) is 11.4 Å². The average molecular weight is 304 g/mol. The maximum Gasteiger partial charge on any atom is 0.341 e. The highest BCUT2D eigenvalue weighted by molar-refractivity contribution is 5.95. The lowest BCUT2D eigenvalue weighted by molar-refractivity contribution is 0.0338. The fourth-order valence-electron chi connectivity index (χ4n) is 2.29. The monoisotopic (exact) mass is 304 g/mol. The summed E-state index contributed by atoms with van der Waals surface area (Å²) in [5.74, 6) is -0.407. The van der Waals surface area contributed by atoms with E-state index in [-0.39, 0.29) is 6.10 Å². The molecule has 1 aromatic carbocycles. The van der Waals surface area contributed by atoms with Gasteiger partial charge in [0.1, 0.15) is 11.8 Å². The van der Waals surface area contributed by atoms with Gasteiger partial charge in [0.15, 0.2) is 0 Å². The summed E-state index contributed by atoms with van der Waals surface area (Å²) in [6, 6.07) is 18.6. The molecule has 114 valence electrons. The molecule has 2 aromatic heterocycles. The van der Waals surface area contributed by atoms with Crippen molar-refractivity contribution in [2.45, 2.75) is 13.0 Å². The highest BCUT2D eigenvalue weighted by atomic mass is 16.5. The van der Waals surface area contributed by atoms with Crippen LogP contribution in [0.5, 0.6) is 0 Å². The predicted octanol–water partition coefficient (Wildman–Crippen LogP) is 4.06. The van der Waals surface area contributed by atoms with Crippen LogP contribution in [0.15, 0.2) is 73.1 Å². The first-order valence-electron chi connectivity index (χ1n) is 7.38. The van der Waals surface area contributed by atoms with E-state index < -0.39 is 5.97 Å². The Hall–Kier alpha value is -3.01. The molecule has 0 bridgehead atoms. The largest absolute Gasteiger partial charge is 0.454 e. The molecule has 0 saturated carbocycles. The zero-order valence-electron chi connectivity index (χ0n) is 12.7. The normalized spacial score (nSPS) is 11.7. The summed E-state index contributed by atoms with van der Waals surface area (Å²) >= 11 is 0. The predicted molar refractivity (Wildman–Crippen MR) is 87.7 cm³/mol. The topological polar surface area (TPSA) is 52.1 Å². The van der Waals surface area contributed by atoms with Crippen molar-refractivity contribution in [2.24, 2.45) is 0 Å². The number of carbonyl (C=O) groups is 1. The summed E-state index contributed by atoms with van der Waals surface area (Å²) in [7, 11) is 0. The fraction of sp³-hybridized carbons (Fsp3) is 0.105. The number of hydrogen-bond donors (Lipinski definition) is 0. The number of nitrogens with zero attached hydrogens (tertiary/aromatic N) is 2. The van der Waals surface area contributed by atoms with E-state index in [0.29, 0.717) is 17.0 Å². The Labute approximate surface area is 134 Å². The summed E-state index contributed by atoms with van der Waals surface area (Å²) < 4.78 is 5.58. The molecule has 1 atom stereocenters. The van der Waals surface area contributed by atoms with Gasteiger partial charge in [0.05, 0.1) is 11.3 Å². The molecule has 4 heteroatoms. The Bertz CT molecular complexity index is 789. The minimum atomic E-state index is -0.407. The standard InChI is InChI=1S/C19H16N2O2/c1-14(15-8-3-2-4-9-15)23-19(22)16-10-7-13-21-18(16)17-11-5-6-12-20-17/h2-14H,1H3/t14-/m1/s1. The van der Waals surface area contributed by atoms with E-state index in [9.17, 15) is 4.79 Å². The highest BCUT2D eigenvalue weighted by Crippen LogP contribution is 2.23. The van der Waals surface area contributed by atoms with Crippen molar-refractivity contribution in [1.82, 2.24) is 9.97 Å². The van der Waals surface area contributed by atoms with Crippen LogP contribution in [0, 0.1) is 0 Å². The molecule has 2 heterocycles. The molecular weight excluding hydrogens is 288 g/mol. The van der Waals surface area contributed by atoms with E-state index in [2.05, 4.69) is 9.97 Å². The zero-order chi connectivity index (χ0) is 16.1. The van der Waals surface area contributed by atoms with Gasteiger partial charge in [-0.05, 0) is 36.8 Å². The Morgan fingerprint density at radius 2 is 1.65 bits per heavy atom. The lowest BCUT2D eigenvalue weighted by Gasteiger charge is -2.14. The number of ether oxygens (including phenoxy) is 1. The van der Waals surface area contributed by atoms with E-state index >= 15 is 0 Å². The molecular formula is C19H16N2O2. The first kappa shape index (κ1) is 14.9. The lowest BCUT2D eigenvalue weighted by Crippen LogP contribution is -2.11. The summed E-state index contributed by atoms with van der Waals surface area (Å²) in [5, 5.41) is 0. The van der Waals surface area contributed by atoms with E-state index in [1.807, 2.05) is 55.5 Å². The van der Waals surface area contributed by atoms with Crippen molar-refractivity contribution in [3.8, 4) is 11.4 Å². The molecule has 0 radical (unpaired) electrons. The minimum absolute atomic E-state index is 0.333. The van der Waals surface area contributed by atoms with Gasteiger partial charge >= 0.3 is 5.97 Å². The average Bonchev–Trinajstić information content (AvgIpc) is 2.63. The Morgan fingerprint density at radius 3 is 2.39 bits per heavy atom. The quantitative estimate of drug-likeness (QED) is 0.682. The molecule has 0 fully saturated rings. The highest BCUT2D eigenvalue weighted by Gasteiger charge is 2.18. The molecule has 3 rings (SSSR count). The molecule has 0 aliphatic rings. The third-order valence-corrected chi connectivity index (χ3v) is 3.49. The van der Waals surface area contributed by atoms with Gasteiger partial charge in [-0.1, -0.05) is 36.4 Å². The van der Waals surface area contributed by atoms with Crippen LogP contribution in [0.2, 0.25) is 0 Å². The summed E-state index contributed by atoms with van der Waals surface area (Å²) in [6.07, 6.45) is 2.98. The molecule has 3 aromatic rings. The third-order valence-electron chi connectivity index (χ3n) is 3.49. The summed E-state index contributed by atoms with van der Waals surface area (Å²) in [6.45, 7) is 1.85. The van der Waals surface area contributed by atoms with E-state index in [1.54, 1.807) is 24.5 Å². The van der Waals surface area contributed by atoms with Crippen LogP contribution < -0.4 is 0 Å². The van der Waals surface area contributed by atoms with Gasteiger partial charge in [0.2, 0.25) is 0 Å². The second-order valence-corrected chi connectivity index (χ2v) is 5.07. The van der Waals surface area contributed by atoms with Crippen molar-refractivity contribution in [3.05, 3.63) is 84.2 Å². The lowest BCUT2D eigenvalue weighted by atomic mass is 10.1. The third kappa shape index (κ3) is 3.43. The van der Waals surface area contributed by atoms with Gasteiger partial charge in [0, 0.05) is 12.4 Å². The number of carbonyl (C=O) groups excluding carboxylic acids is 1. The maximum absolute atomic E-state index is 12.5. The first-order chi connectivity index (χ1) is 11.3. The number of pyridine rings is 2. The van der Waals surface area contributed by atoms with Crippen LogP contribution in [0.3, 0.4) is 0 Å². The van der Waals surface area contributed by atoms with Gasteiger partial charge in [-0.2, -0.15) is 0 Å². The van der Waals surface area contributed by atoms with Gasteiger partial charge < -0.3 is 4.74 Å². The molecule has 4 nitrogen and oxygen atoms in total. The number of esters is 1.